The highest BCUT2D eigenvalue weighted by Crippen LogP contribution is 2.21. The van der Waals surface area contributed by atoms with Crippen LogP contribution in [-0.2, 0) is 11.3 Å². The number of ether oxygens (including phenoxy) is 1. The second-order valence-corrected chi connectivity index (χ2v) is 3.93. The molecule has 1 N–H and O–H groups in total. The lowest BCUT2D eigenvalue weighted by molar-refractivity contribution is 0.178. The van der Waals surface area contributed by atoms with Gasteiger partial charge in [0.2, 0.25) is 0 Å². The van der Waals surface area contributed by atoms with Crippen molar-refractivity contribution in [2.24, 2.45) is 0 Å². The third-order valence-corrected chi connectivity index (χ3v) is 2.59. The summed E-state index contributed by atoms with van der Waals surface area (Å²) in [5, 5.41) is 11.9. The molecule has 0 aliphatic carbocycles. The van der Waals surface area contributed by atoms with Gasteiger partial charge in [0, 0.05) is 25.8 Å². The molecule has 2 rings (SSSR count). The summed E-state index contributed by atoms with van der Waals surface area (Å²) < 4.78 is 5.06. The van der Waals surface area contributed by atoms with E-state index < -0.39 is 0 Å². The molecule has 1 heterocycles. The van der Waals surface area contributed by atoms with Crippen molar-refractivity contribution in [3.8, 4) is 17.3 Å². The van der Waals surface area contributed by atoms with Crippen LogP contribution in [0.15, 0.2) is 30.3 Å². The molecule has 5 heteroatoms. The predicted molar refractivity (Wildman–Crippen MR) is 72.4 cm³/mol. The first-order valence-corrected chi connectivity index (χ1v) is 5.82. The van der Waals surface area contributed by atoms with Gasteiger partial charge in [-0.05, 0) is 12.1 Å². The van der Waals surface area contributed by atoms with Crippen molar-refractivity contribution in [1.82, 2.24) is 9.97 Å². The number of benzene rings is 1. The van der Waals surface area contributed by atoms with Crippen LogP contribution in [0.1, 0.15) is 11.4 Å². The van der Waals surface area contributed by atoms with Gasteiger partial charge in [-0.3, -0.25) is 0 Å². The molecule has 96 valence electrons. The monoisotopic (exact) mass is 254 g/mol. The van der Waals surface area contributed by atoms with Crippen LogP contribution in [0.25, 0.3) is 11.3 Å². The van der Waals surface area contributed by atoms with E-state index in [0.717, 1.165) is 17.1 Å². The van der Waals surface area contributed by atoms with E-state index in [1.165, 1.54) is 0 Å². The predicted octanol–water partition coefficient (Wildman–Crippen LogP) is 2.20. The Hall–Kier alpha value is -2.45. The first kappa shape index (κ1) is 13.0. The lowest BCUT2D eigenvalue weighted by atomic mass is 10.1. The van der Waals surface area contributed by atoms with E-state index in [-0.39, 0.29) is 0 Å². The van der Waals surface area contributed by atoms with Crippen molar-refractivity contribution in [3.05, 3.63) is 41.7 Å². The summed E-state index contributed by atoms with van der Waals surface area (Å²) in [6, 6.07) is 11.3. The normalized spacial score (nSPS) is 9.95. The smallest absolute Gasteiger partial charge is 0.157 e. The highest BCUT2D eigenvalue weighted by Gasteiger charge is 2.06. The number of nitrogens with one attached hydrogen (secondary N) is 1. The fraction of sp³-hybridized carbons (Fsp3) is 0.214. The van der Waals surface area contributed by atoms with Crippen LogP contribution in [0.2, 0.25) is 0 Å². The van der Waals surface area contributed by atoms with Gasteiger partial charge >= 0.3 is 0 Å². The quantitative estimate of drug-likeness (QED) is 0.905. The summed E-state index contributed by atoms with van der Waals surface area (Å²) >= 11 is 0. The second-order valence-electron chi connectivity index (χ2n) is 3.93. The third-order valence-electron chi connectivity index (χ3n) is 2.59. The van der Waals surface area contributed by atoms with Gasteiger partial charge in [-0.25, -0.2) is 9.97 Å². The number of nitrogens with zero attached hydrogens (tertiary/aromatic N) is 3. The minimum atomic E-state index is 0.348. The maximum Gasteiger partial charge on any atom is 0.157 e. The van der Waals surface area contributed by atoms with Crippen LogP contribution in [-0.4, -0.2) is 24.1 Å². The highest BCUT2D eigenvalue weighted by atomic mass is 16.5. The van der Waals surface area contributed by atoms with Gasteiger partial charge < -0.3 is 10.1 Å². The summed E-state index contributed by atoms with van der Waals surface area (Å²) in [4.78, 5) is 8.73. The summed E-state index contributed by atoms with van der Waals surface area (Å²) in [5.41, 5.74) is 2.26. The van der Waals surface area contributed by atoms with Gasteiger partial charge in [0.05, 0.1) is 17.3 Å². The Morgan fingerprint density at radius 3 is 2.84 bits per heavy atom. The molecular weight excluding hydrogens is 240 g/mol. The number of methoxy groups -OCH3 is 1. The van der Waals surface area contributed by atoms with E-state index in [1.807, 2.05) is 18.2 Å². The Morgan fingerprint density at radius 1 is 1.32 bits per heavy atom. The van der Waals surface area contributed by atoms with E-state index in [0.29, 0.717) is 18.0 Å². The van der Waals surface area contributed by atoms with E-state index in [9.17, 15) is 0 Å². The minimum Gasteiger partial charge on any atom is -0.377 e. The fourth-order valence-electron chi connectivity index (χ4n) is 1.71. The molecule has 0 aliphatic rings. The number of aromatic nitrogens is 2. The largest absolute Gasteiger partial charge is 0.377 e. The van der Waals surface area contributed by atoms with E-state index >= 15 is 0 Å². The van der Waals surface area contributed by atoms with Crippen molar-refractivity contribution in [2.75, 3.05) is 19.5 Å². The van der Waals surface area contributed by atoms with E-state index in [2.05, 4.69) is 21.4 Å². The molecule has 1 aromatic carbocycles. The Balaban J connectivity index is 2.48. The standard InChI is InChI=1S/C14H14N4O/c1-16-13-7-12(17-14(18-13)9-19-2)11-5-3-4-10(6-11)8-15/h3-7H,9H2,1-2H3,(H,16,17,18). The maximum absolute atomic E-state index is 8.93. The van der Waals surface area contributed by atoms with Gasteiger partial charge in [0.15, 0.2) is 5.82 Å². The Kier molecular flexibility index (Phi) is 4.06. The molecule has 0 atom stereocenters. The van der Waals surface area contributed by atoms with Crippen LogP contribution in [0, 0.1) is 11.3 Å². The summed E-state index contributed by atoms with van der Waals surface area (Å²) in [6.45, 7) is 0.348. The molecule has 0 amide bonds. The average molecular weight is 254 g/mol. The molecule has 0 saturated heterocycles. The lowest BCUT2D eigenvalue weighted by Crippen LogP contribution is -2.02. The first-order valence-electron chi connectivity index (χ1n) is 5.82. The molecule has 0 bridgehead atoms. The molecule has 0 spiro atoms. The van der Waals surface area contributed by atoms with Gasteiger partial charge in [0.25, 0.3) is 0 Å². The van der Waals surface area contributed by atoms with E-state index in [1.54, 1.807) is 26.3 Å². The van der Waals surface area contributed by atoms with Crippen LogP contribution >= 0.6 is 0 Å². The number of rotatable bonds is 4. The number of nitriles is 1. The van der Waals surface area contributed by atoms with Gasteiger partial charge in [-0.15, -0.1) is 0 Å². The molecular formula is C14H14N4O. The van der Waals surface area contributed by atoms with E-state index in [4.69, 9.17) is 10.00 Å². The first-order chi connectivity index (χ1) is 9.26. The molecule has 0 fully saturated rings. The fourth-order valence-corrected chi connectivity index (χ4v) is 1.71. The molecule has 0 radical (unpaired) electrons. The molecule has 0 saturated carbocycles. The summed E-state index contributed by atoms with van der Waals surface area (Å²) in [6.07, 6.45) is 0. The molecule has 19 heavy (non-hydrogen) atoms. The summed E-state index contributed by atoms with van der Waals surface area (Å²) in [7, 11) is 3.40. The molecule has 0 unspecified atom stereocenters. The summed E-state index contributed by atoms with van der Waals surface area (Å²) in [5.74, 6) is 1.33. The van der Waals surface area contributed by atoms with Crippen molar-refractivity contribution in [2.45, 2.75) is 6.61 Å². The van der Waals surface area contributed by atoms with Crippen LogP contribution in [0.5, 0.6) is 0 Å². The Bertz CT molecular complexity index is 619. The van der Waals surface area contributed by atoms with Crippen molar-refractivity contribution >= 4 is 5.82 Å². The highest BCUT2D eigenvalue weighted by molar-refractivity contribution is 5.64. The molecule has 0 aliphatic heterocycles. The van der Waals surface area contributed by atoms with Gasteiger partial charge in [-0.2, -0.15) is 5.26 Å². The third kappa shape index (κ3) is 3.06. The Morgan fingerprint density at radius 2 is 2.16 bits per heavy atom. The van der Waals surface area contributed by atoms with Gasteiger partial charge in [-0.1, -0.05) is 12.1 Å². The topological polar surface area (TPSA) is 70.8 Å². The zero-order valence-corrected chi connectivity index (χ0v) is 10.8. The maximum atomic E-state index is 8.93. The Labute approximate surface area is 111 Å². The number of hydrogen-bond acceptors (Lipinski definition) is 5. The number of hydrogen-bond donors (Lipinski definition) is 1. The van der Waals surface area contributed by atoms with Crippen molar-refractivity contribution in [1.29, 1.82) is 5.26 Å². The molecule has 5 nitrogen and oxygen atoms in total. The zero-order valence-electron chi connectivity index (χ0n) is 10.8. The van der Waals surface area contributed by atoms with Crippen molar-refractivity contribution < 1.29 is 4.74 Å². The zero-order chi connectivity index (χ0) is 13.7. The lowest BCUT2D eigenvalue weighted by Gasteiger charge is -2.07. The molecule has 1 aromatic heterocycles. The minimum absolute atomic E-state index is 0.348. The average Bonchev–Trinajstić information content (AvgIpc) is 2.47. The van der Waals surface area contributed by atoms with Crippen LogP contribution in [0.4, 0.5) is 5.82 Å². The number of anilines is 1. The SMILES string of the molecule is CNc1cc(-c2cccc(C#N)c2)nc(COC)n1. The van der Waals surface area contributed by atoms with Crippen LogP contribution < -0.4 is 5.32 Å². The van der Waals surface area contributed by atoms with Crippen LogP contribution in [0.3, 0.4) is 0 Å². The molecule has 2 aromatic rings. The van der Waals surface area contributed by atoms with Gasteiger partial charge in [0.1, 0.15) is 12.4 Å². The van der Waals surface area contributed by atoms with Crippen molar-refractivity contribution in [3.63, 3.8) is 0 Å². The second kappa shape index (κ2) is 5.94.